The number of hydrogen-bond acceptors (Lipinski definition) is 6. The number of nitrogens with zero attached hydrogens (tertiary/aromatic N) is 1. The average Bonchev–Trinajstić information content (AvgIpc) is 2.91. The Labute approximate surface area is 217 Å². The summed E-state index contributed by atoms with van der Waals surface area (Å²) in [6.07, 6.45) is -5.65. The lowest BCUT2D eigenvalue weighted by atomic mass is 9.98. The molecule has 3 rings (SSSR count). The van der Waals surface area contributed by atoms with Crippen LogP contribution in [0.5, 0.6) is 0 Å². The first-order chi connectivity index (χ1) is 18.2. The van der Waals surface area contributed by atoms with Crippen LogP contribution in [0, 0.1) is 0 Å². The Morgan fingerprint density at radius 2 is 1.45 bits per heavy atom. The second-order valence-electron chi connectivity index (χ2n) is 8.47. The topological polar surface area (TPSA) is 98.9 Å². The number of benzene rings is 3. The smallest absolute Gasteiger partial charge is 0.393 e. The summed E-state index contributed by atoms with van der Waals surface area (Å²) >= 11 is 0. The Bertz CT molecular complexity index is 1210. The minimum atomic E-state index is -4.43. The van der Waals surface area contributed by atoms with E-state index >= 15 is 0 Å². The molecule has 2 N–H and O–H groups in total. The van der Waals surface area contributed by atoms with Crippen LogP contribution in [-0.2, 0) is 43.6 Å². The van der Waals surface area contributed by atoms with E-state index < -0.39 is 42.9 Å². The number of rotatable bonds is 13. The van der Waals surface area contributed by atoms with Gasteiger partial charge >= 0.3 is 12.1 Å². The van der Waals surface area contributed by atoms with Crippen LogP contribution < -0.4 is 5.73 Å². The van der Waals surface area contributed by atoms with Crippen LogP contribution in [0.2, 0.25) is 0 Å². The van der Waals surface area contributed by atoms with E-state index in [4.69, 9.17) is 15.3 Å². The fraction of sp³-hybridized carbons (Fsp3) is 0.250. The highest BCUT2D eigenvalue weighted by Gasteiger charge is 2.31. The number of nitrogens with two attached hydrogens (primary N) is 1. The predicted molar refractivity (Wildman–Crippen MR) is 132 cm³/mol. The minimum absolute atomic E-state index is 0.00127. The standard InChI is InChI=1S/C28H27F3N2O5/c29-28(30,31)16-22-13-7-8-14-23(22)18-38-33(19-34)24(21-11-5-2-6-12-21)15-25(35)26(32)27(36)37-17-20-9-3-1-4-10-20/h1-14,19,24,26H,15-18,32H2. The lowest BCUT2D eigenvalue weighted by Crippen LogP contribution is -2.42. The number of ketones is 1. The second-order valence-corrected chi connectivity index (χ2v) is 8.47. The SMILES string of the molecule is NC(C(=O)CC(c1ccccc1)N(C=O)OCc1ccccc1CC(F)(F)F)C(=O)OCc1ccccc1. The molecule has 1 amide bonds. The number of Topliss-reactive ketones (excluding diaryl/α,β-unsaturated/α-hetero) is 1. The summed E-state index contributed by atoms with van der Waals surface area (Å²) in [5.41, 5.74) is 7.31. The van der Waals surface area contributed by atoms with Gasteiger partial charge in [0.2, 0.25) is 6.41 Å². The molecular weight excluding hydrogens is 501 g/mol. The molecule has 10 heteroatoms. The van der Waals surface area contributed by atoms with Gasteiger partial charge in [-0.25, -0.2) is 9.86 Å². The Balaban J connectivity index is 1.72. The molecular formula is C28H27F3N2O5. The van der Waals surface area contributed by atoms with Gasteiger partial charge in [-0.3, -0.25) is 14.4 Å². The first kappa shape index (κ1) is 28.5. The summed E-state index contributed by atoms with van der Waals surface area (Å²) in [6.45, 7) is -0.419. The van der Waals surface area contributed by atoms with E-state index in [2.05, 4.69) is 0 Å². The predicted octanol–water partition coefficient (Wildman–Crippen LogP) is 4.45. The molecule has 0 saturated carbocycles. The third-order valence-corrected chi connectivity index (χ3v) is 5.69. The maximum Gasteiger partial charge on any atom is 0.393 e. The monoisotopic (exact) mass is 528 g/mol. The fourth-order valence-electron chi connectivity index (χ4n) is 3.72. The largest absolute Gasteiger partial charge is 0.459 e. The summed E-state index contributed by atoms with van der Waals surface area (Å²) in [5, 5.41) is 0.847. The van der Waals surface area contributed by atoms with Gasteiger partial charge < -0.3 is 10.5 Å². The summed E-state index contributed by atoms with van der Waals surface area (Å²) in [4.78, 5) is 42.9. The van der Waals surface area contributed by atoms with E-state index in [1.54, 1.807) is 66.7 Å². The highest BCUT2D eigenvalue weighted by atomic mass is 19.4. The van der Waals surface area contributed by atoms with Crippen LogP contribution in [0.1, 0.15) is 34.7 Å². The normalized spacial score (nSPS) is 12.8. The van der Waals surface area contributed by atoms with Gasteiger partial charge in [0.25, 0.3) is 0 Å². The van der Waals surface area contributed by atoms with Gasteiger partial charge in [-0.1, -0.05) is 84.9 Å². The molecule has 0 aliphatic carbocycles. The van der Waals surface area contributed by atoms with Crippen molar-refractivity contribution in [2.75, 3.05) is 0 Å². The van der Waals surface area contributed by atoms with Crippen molar-refractivity contribution < 1.29 is 37.1 Å². The quantitative estimate of drug-likeness (QED) is 0.152. The van der Waals surface area contributed by atoms with Crippen molar-refractivity contribution in [3.05, 3.63) is 107 Å². The summed E-state index contributed by atoms with van der Waals surface area (Å²) in [5.74, 6) is -1.63. The third-order valence-electron chi connectivity index (χ3n) is 5.69. The van der Waals surface area contributed by atoms with Gasteiger partial charge in [0.1, 0.15) is 13.2 Å². The number of carbonyl (C=O) groups excluding carboxylic acids is 3. The minimum Gasteiger partial charge on any atom is -0.459 e. The highest BCUT2D eigenvalue weighted by molar-refractivity contribution is 6.03. The summed E-state index contributed by atoms with van der Waals surface area (Å²) in [7, 11) is 0. The lowest BCUT2D eigenvalue weighted by Gasteiger charge is -2.28. The zero-order valence-corrected chi connectivity index (χ0v) is 20.3. The molecule has 0 fully saturated rings. The Morgan fingerprint density at radius 3 is 2.05 bits per heavy atom. The maximum atomic E-state index is 13.0. The van der Waals surface area contributed by atoms with E-state index in [1.165, 1.54) is 18.2 Å². The first-order valence-corrected chi connectivity index (χ1v) is 11.7. The van der Waals surface area contributed by atoms with E-state index in [-0.39, 0.29) is 24.3 Å². The Morgan fingerprint density at radius 1 is 0.868 bits per heavy atom. The van der Waals surface area contributed by atoms with Crippen molar-refractivity contribution in [1.82, 2.24) is 5.06 Å². The fourth-order valence-corrected chi connectivity index (χ4v) is 3.72. The number of carbonyl (C=O) groups is 3. The molecule has 0 spiro atoms. The number of alkyl halides is 3. The summed E-state index contributed by atoms with van der Waals surface area (Å²) < 4.78 is 44.1. The number of ether oxygens (including phenoxy) is 1. The number of hydrogen-bond donors (Lipinski definition) is 1. The molecule has 0 aromatic heterocycles. The molecule has 3 aromatic rings. The van der Waals surface area contributed by atoms with Crippen LogP contribution in [-0.4, -0.2) is 35.4 Å². The van der Waals surface area contributed by atoms with E-state index in [9.17, 15) is 27.6 Å². The van der Waals surface area contributed by atoms with E-state index in [0.29, 0.717) is 17.5 Å². The first-order valence-electron chi connectivity index (χ1n) is 11.7. The number of hydroxylamine groups is 2. The molecule has 7 nitrogen and oxygen atoms in total. The Hall–Kier alpha value is -4.02. The summed E-state index contributed by atoms with van der Waals surface area (Å²) in [6, 6.07) is 20.5. The molecule has 0 saturated heterocycles. The number of amides is 1. The van der Waals surface area contributed by atoms with Crippen molar-refractivity contribution in [1.29, 1.82) is 0 Å². The molecule has 200 valence electrons. The van der Waals surface area contributed by atoms with Crippen molar-refractivity contribution in [3.63, 3.8) is 0 Å². The van der Waals surface area contributed by atoms with Gasteiger partial charge in [-0.05, 0) is 22.3 Å². The third kappa shape index (κ3) is 8.53. The van der Waals surface area contributed by atoms with Gasteiger partial charge in [0.15, 0.2) is 11.8 Å². The van der Waals surface area contributed by atoms with Crippen LogP contribution in [0.15, 0.2) is 84.9 Å². The number of halogens is 3. The maximum absolute atomic E-state index is 13.0. The van der Waals surface area contributed by atoms with Crippen molar-refractivity contribution >= 4 is 18.2 Å². The molecule has 0 bridgehead atoms. The average molecular weight is 529 g/mol. The van der Waals surface area contributed by atoms with Gasteiger partial charge in [-0.2, -0.15) is 13.2 Å². The zero-order chi connectivity index (χ0) is 27.5. The van der Waals surface area contributed by atoms with Gasteiger partial charge in [0.05, 0.1) is 12.5 Å². The van der Waals surface area contributed by atoms with Crippen LogP contribution in [0.3, 0.4) is 0 Å². The van der Waals surface area contributed by atoms with Crippen molar-refractivity contribution in [3.8, 4) is 0 Å². The Kier molecular flexibility index (Phi) is 10.1. The lowest BCUT2D eigenvalue weighted by molar-refractivity contribution is -0.195. The molecule has 0 radical (unpaired) electrons. The van der Waals surface area contributed by atoms with Crippen LogP contribution in [0.4, 0.5) is 13.2 Å². The molecule has 2 atom stereocenters. The molecule has 0 heterocycles. The second kappa shape index (κ2) is 13.5. The van der Waals surface area contributed by atoms with Gasteiger partial charge in [0, 0.05) is 6.42 Å². The van der Waals surface area contributed by atoms with Crippen molar-refractivity contribution in [2.45, 2.75) is 44.3 Å². The molecule has 3 aromatic carbocycles. The number of esters is 1. The zero-order valence-electron chi connectivity index (χ0n) is 20.3. The van der Waals surface area contributed by atoms with Gasteiger partial charge in [-0.15, -0.1) is 0 Å². The van der Waals surface area contributed by atoms with Crippen LogP contribution >= 0.6 is 0 Å². The molecule has 2 unspecified atom stereocenters. The van der Waals surface area contributed by atoms with E-state index in [1.807, 2.05) is 0 Å². The molecule has 0 aliphatic heterocycles. The highest BCUT2D eigenvalue weighted by Crippen LogP contribution is 2.27. The molecule has 38 heavy (non-hydrogen) atoms. The van der Waals surface area contributed by atoms with Crippen LogP contribution in [0.25, 0.3) is 0 Å². The van der Waals surface area contributed by atoms with E-state index in [0.717, 1.165) is 5.06 Å². The van der Waals surface area contributed by atoms with Crippen molar-refractivity contribution in [2.24, 2.45) is 5.73 Å². The molecule has 0 aliphatic rings.